The lowest BCUT2D eigenvalue weighted by Gasteiger charge is -2.38. The SMILES string of the molecule is CC(C(=O)Nc1cccc(C#N)c1)N1CCN(c2ccccc2F)CC1. The molecule has 0 saturated carbocycles. The van der Waals surface area contributed by atoms with Crippen LogP contribution in [0.3, 0.4) is 0 Å². The maximum Gasteiger partial charge on any atom is 0.241 e. The number of anilines is 2. The molecule has 1 saturated heterocycles. The molecule has 2 aromatic carbocycles. The zero-order valence-electron chi connectivity index (χ0n) is 14.7. The van der Waals surface area contributed by atoms with Crippen LogP contribution in [0.25, 0.3) is 0 Å². The molecule has 0 aliphatic carbocycles. The van der Waals surface area contributed by atoms with E-state index in [1.54, 1.807) is 36.4 Å². The van der Waals surface area contributed by atoms with Crippen LogP contribution in [0.1, 0.15) is 12.5 Å². The summed E-state index contributed by atoms with van der Waals surface area (Å²) >= 11 is 0. The van der Waals surface area contributed by atoms with Gasteiger partial charge in [0.1, 0.15) is 5.82 Å². The van der Waals surface area contributed by atoms with Gasteiger partial charge in [0.25, 0.3) is 0 Å². The first-order valence-corrected chi connectivity index (χ1v) is 8.63. The number of benzene rings is 2. The third-order valence-corrected chi connectivity index (χ3v) is 4.69. The lowest BCUT2D eigenvalue weighted by atomic mass is 10.1. The molecule has 1 aliphatic heterocycles. The van der Waals surface area contributed by atoms with Crippen molar-refractivity contribution in [3.63, 3.8) is 0 Å². The zero-order chi connectivity index (χ0) is 18.5. The predicted octanol–water partition coefficient (Wildman–Crippen LogP) is 2.85. The summed E-state index contributed by atoms with van der Waals surface area (Å²) in [7, 11) is 0. The van der Waals surface area contributed by atoms with Crippen molar-refractivity contribution in [2.75, 3.05) is 36.4 Å². The molecule has 26 heavy (non-hydrogen) atoms. The van der Waals surface area contributed by atoms with Gasteiger partial charge in [-0.2, -0.15) is 5.26 Å². The Balaban J connectivity index is 1.57. The van der Waals surface area contributed by atoms with Crippen LogP contribution in [0.5, 0.6) is 0 Å². The molecule has 0 radical (unpaired) electrons. The van der Waals surface area contributed by atoms with E-state index in [0.29, 0.717) is 43.1 Å². The number of halogens is 1. The number of hydrogen-bond donors (Lipinski definition) is 1. The Bertz CT molecular complexity index is 825. The number of carbonyl (C=O) groups excluding carboxylic acids is 1. The van der Waals surface area contributed by atoms with Crippen LogP contribution >= 0.6 is 0 Å². The molecule has 3 rings (SSSR count). The Morgan fingerprint density at radius 3 is 2.58 bits per heavy atom. The summed E-state index contributed by atoms with van der Waals surface area (Å²) in [6.45, 7) is 4.56. The number of nitriles is 1. The molecule has 2 aromatic rings. The van der Waals surface area contributed by atoms with Crippen molar-refractivity contribution < 1.29 is 9.18 Å². The van der Waals surface area contributed by atoms with Crippen molar-refractivity contribution in [2.24, 2.45) is 0 Å². The van der Waals surface area contributed by atoms with Crippen molar-refractivity contribution in [1.29, 1.82) is 5.26 Å². The molecule has 5 nitrogen and oxygen atoms in total. The third-order valence-electron chi connectivity index (χ3n) is 4.69. The Morgan fingerprint density at radius 2 is 1.88 bits per heavy atom. The summed E-state index contributed by atoms with van der Waals surface area (Å²) < 4.78 is 13.9. The third kappa shape index (κ3) is 4.01. The van der Waals surface area contributed by atoms with Crippen LogP contribution < -0.4 is 10.2 Å². The highest BCUT2D eigenvalue weighted by Gasteiger charge is 2.26. The molecule has 0 spiro atoms. The van der Waals surface area contributed by atoms with E-state index in [2.05, 4.69) is 16.3 Å². The van der Waals surface area contributed by atoms with Gasteiger partial charge in [-0.05, 0) is 37.3 Å². The predicted molar refractivity (Wildman–Crippen MR) is 99.4 cm³/mol. The van der Waals surface area contributed by atoms with Gasteiger partial charge in [0.15, 0.2) is 0 Å². The number of para-hydroxylation sites is 1. The minimum atomic E-state index is -0.302. The van der Waals surface area contributed by atoms with Crippen LogP contribution in [0.15, 0.2) is 48.5 Å². The monoisotopic (exact) mass is 352 g/mol. The van der Waals surface area contributed by atoms with Gasteiger partial charge in [0, 0.05) is 31.9 Å². The van der Waals surface area contributed by atoms with E-state index >= 15 is 0 Å². The van der Waals surface area contributed by atoms with Crippen molar-refractivity contribution in [3.05, 3.63) is 59.9 Å². The summed E-state index contributed by atoms with van der Waals surface area (Å²) in [4.78, 5) is 16.6. The average Bonchev–Trinajstić information content (AvgIpc) is 2.68. The van der Waals surface area contributed by atoms with Crippen molar-refractivity contribution in [3.8, 4) is 6.07 Å². The summed E-state index contributed by atoms with van der Waals surface area (Å²) in [5.41, 5.74) is 1.73. The highest BCUT2D eigenvalue weighted by Crippen LogP contribution is 2.21. The molecule has 0 bridgehead atoms. The number of nitrogens with zero attached hydrogens (tertiary/aromatic N) is 3. The van der Waals surface area contributed by atoms with Crippen molar-refractivity contribution >= 4 is 17.3 Å². The van der Waals surface area contributed by atoms with Crippen molar-refractivity contribution in [2.45, 2.75) is 13.0 Å². The average molecular weight is 352 g/mol. The molecule has 6 heteroatoms. The van der Waals surface area contributed by atoms with Gasteiger partial charge in [-0.25, -0.2) is 4.39 Å². The number of piperazine rings is 1. The second-order valence-corrected chi connectivity index (χ2v) is 6.33. The molecular formula is C20H21FN4O. The van der Waals surface area contributed by atoms with E-state index in [9.17, 15) is 9.18 Å². The largest absolute Gasteiger partial charge is 0.367 e. The topological polar surface area (TPSA) is 59.4 Å². The molecule has 1 atom stereocenters. The highest BCUT2D eigenvalue weighted by atomic mass is 19.1. The number of hydrogen-bond acceptors (Lipinski definition) is 4. The van der Waals surface area contributed by atoms with Gasteiger partial charge < -0.3 is 10.2 Å². The number of rotatable bonds is 4. The van der Waals surface area contributed by atoms with Gasteiger partial charge >= 0.3 is 0 Å². The Hall–Kier alpha value is -2.91. The minimum absolute atomic E-state index is 0.112. The fourth-order valence-corrected chi connectivity index (χ4v) is 3.14. The molecule has 1 heterocycles. The lowest BCUT2D eigenvalue weighted by molar-refractivity contribution is -0.120. The number of carbonyl (C=O) groups is 1. The molecule has 1 unspecified atom stereocenters. The summed E-state index contributed by atoms with van der Waals surface area (Å²) in [5, 5.41) is 11.8. The van der Waals surface area contributed by atoms with Gasteiger partial charge in [0.2, 0.25) is 5.91 Å². The molecule has 1 amide bonds. The first kappa shape index (κ1) is 17.9. The number of nitrogens with one attached hydrogen (secondary N) is 1. The van der Waals surface area contributed by atoms with E-state index in [1.165, 1.54) is 6.07 Å². The Morgan fingerprint density at radius 1 is 1.15 bits per heavy atom. The fraction of sp³-hybridized carbons (Fsp3) is 0.300. The van der Waals surface area contributed by atoms with Crippen LogP contribution in [-0.2, 0) is 4.79 Å². The van der Waals surface area contributed by atoms with E-state index < -0.39 is 0 Å². The molecule has 1 fully saturated rings. The smallest absolute Gasteiger partial charge is 0.241 e. The molecule has 134 valence electrons. The zero-order valence-corrected chi connectivity index (χ0v) is 14.7. The first-order valence-electron chi connectivity index (χ1n) is 8.63. The lowest BCUT2D eigenvalue weighted by Crippen LogP contribution is -2.53. The van der Waals surface area contributed by atoms with Gasteiger partial charge in [-0.15, -0.1) is 0 Å². The fourth-order valence-electron chi connectivity index (χ4n) is 3.14. The van der Waals surface area contributed by atoms with Crippen LogP contribution in [0.4, 0.5) is 15.8 Å². The molecule has 0 aromatic heterocycles. The first-order chi connectivity index (χ1) is 12.6. The quantitative estimate of drug-likeness (QED) is 0.919. The second-order valence-electron chi connectivity index (χ2n) is 6.33. The molecule has 1 N–H and O–H groups in total. The van der Waals surface area contributed by atoms with Gasteiger partial charge in [-0.1, -0.05) is 18.2 Å². The van der Waals surface area contributed by atoms with Crippen LogP contribution in [-0.4, -0.2) is 43.0 Å². The number of amides is 1. The highest BCUT2D eigenvalue weighted by molar-refractivity contribution is 5.94. The van der Waals surface area contributed by atoms with E-state index in [0.717, 1.165) is 0 Å². The van der Waals surface area contributed by atoms with Gasteiger partial charge in [-0.3, -0.25) is 9.69 Å². The molecule has 1 aliphatic rings. The van der Waals surface area contributed by atoms with Gasteiger partial charge in [0.05, 0.1) is 23.4 Å². The summed E-state index contributed by atoms with van der Waals surface area (Å²) in [5.74, 6) is -0.330. The van der Waals surface area contributed by atoms with E-state index in [4.69, 9.17) is 5.26 Å². The van der Waals surface area contributed by atoms with E-state index in [1.807, 2.05) is 17.9 Å². The molecular weight excluding hydrogens is 331 g/mol. The normalized spacial score (nSPS) is 16.0. The van der Waals surface area contributed by atoms with Crippen LogP contribution in [0, 0.1) is 17.1 Å². The Labute approximate surface area is 152 Å². The van der Waals surface area contributed by atoms with Crippen LogP contribution in [0.2, 0.25) is 0 Å². The minimum Gasteiger partial charge on any atom is -0.367 e. The summed E-state index contributed by atoms with van der Waals surface area (Å²) in [6, 6.07) is 15.4. The van der Waals surface area contributed by atoms with Crippen molar-refractivity contribution in [1.82, 2.24) is 4.90 Å². The maximum absolute atomic E-state index is 13.9. The standard InChI is InChI=1S/C20H21FN4O/c1-15(20(26)23-17-6-4-5-16(13-17)14-22)24-9-11-25(12-10-24)19-8-3-2-7-18(19)21/h2-8,13,15H,9-12H2,1H3,(H,23,26). The maximum atomic E-state index is 13.9. The Kier molecular flexibility index (Phi) is 5.49. The summed E-state index contributed by atoms with van der Waals surface area (Å²) in [6.07, 6.45) is 0. The van der Waals surface area contributed by atoms with E-state index in [-0.39, 0.29) is 17.8 Å². The second kappa shape index (κ2) is 7.98.